The van der Waals surface area contributed by atoms with Gasteiger partial charge in [-0.25, -0.2) is 4.39 Å². The first-order chi connectivity index (χ1) is 11.2. The fourth-order valence-electron chi connectivity index (χ4n) is 3.01. The molecule has 5 heteroatoms. The van der Waals surface area contributed by atoms with Crippen LogP contribution in [-0.4, -0.2) is 35.4 Å². The predicted octanol–water partition coefficient (Wildman–Crippen LogP) is 2.50. The summed E-state index contributed by atoms with van der Waals surface area (Å²) in [6.45, 7) is 3.93. The summed E-state index contributed by atoms with van der Waals surface area (Å²) in [6.07, 6.45) is 3.52. The Morgan fingerprint density at radius 3 is 3.00 bits per heavy atom. The number of rotatable bonds is 3. The molecule has 1 N–H and O–H groups in total. The number of nitrogens with one attached hydrogen (secondary N) is 1. The Kier molecular flexibility index (Phi) is 4.67. The van der Waals surface area contributed by atoms with Crippen molar-refractivity contribution in [3.05, 3.63) is 65.7 Å². The quantitative estimate of drug-likeness (QED) is 0.947. The van der Waals surface area contributed by atoms with Crippen molar-refractivity contribution in [2.45, 2.75) is 18.9 Å². The van der Waals surface area contributed by atoms with Crippen molar-refractivity contribution < 1.29 is 9.18 Å². The summed E-state index contributed by atoms with van der Waals surface area (Å²) >= 11 is 0. The Morgan fingerprint density at radius 1 is 1.39 bits per heavy atom. The minimum absolute atomic E-state index is 0.0194. The van der Waals surface area contributed by atoms with Crippen LogP contribution in [0.15, 0.2) is 48.8 Å². The van der Waals surface area contributed by atoms with Gasteiger partial charge in [-0.15, -0.1) is 0 Å². The van der Waals surface area contributed by atoms with E-state index in [1.807, 2.05) is 24.0 Å². The van der Waals surface area contributed by atoms with E-state index in [9.17, 15) is 9.18 Å². The average molecular weight is 313 g/mol. The third kappa shape index (κ3) is 3.40. The number of hydrogen-bond acceptors (Lipinski definition) is 3. The lowest BCUT2D eigenvalue weighted by Crippen LogP contribution is -2.49. The van der Waals surface area contributed by atoms with Crippen LogP contribution < -0.4 is 5.32 Å². The summed E-state index contributed by atoms with van der Waals surface area (Å²) < 4.78 is 13.4. The van der Waals surface area contributed by atoms with Crippen molar-refractivity contribution >= 4 is 5.91 Å². The highest BCUT2D eigenvalue weighted by Crippen LogP contribution is 2.27. The van der Waals surface area contributed by atoms with Gasteiger partial charge >= 0.3 is 0 Å². The third-order valence-electron chi connectivity index (χ3n) is 4.31. The van der Waals surface area contributed by atoms with Gasteiger partial charge in [0.1, 0.15) is 5.82 Å². The summed E-state index contributed by atoms with van der Waals surface area (Å²) in [5.74, 6) is -0.666. The van der Waals surface area contributed by atoms with Gasteiger partial charge < -0.3 is 10.2 Å². The van der Waals surface area contributed by atoms with E-state index < -0.39 is 0 Å². The SMILES string of the molecule is CC(C(=O)N1CCNCC1c1cccnc1)c1cccc(F)c1. The maximum Gasteiger partial charge on any atom is 0.230 e. The van der Waals surface area contributed by atoms with Crippen molar-refractivity contribution in [3.8, 4) is 0 Å². The number of benzene rings is 1. The molecular formula is C18H20FN3O. The molecule has 1 aliphatic rings. The molecule has 120 valence electrons. The van der Waals surface area contributed by atoms with Crippen LogP contribution in [-0.2, 0) is 4.79 Å². The number of nitrogens with zero attached hydrogens (tertiary/aromatic N) is 2. The van der Waals surface area contributed by atoms with Crippen LogP contribution in [0.2, 0.25) is 0 Å². The molecule has 1 amide bonds. The maximum atomic E-state index is 13.4. The Morgan fingerprint density at radius 2 is 2.26 bits per heavy atom. The molecule has 1 aliphatic heterocycles. The van der Waals surface area contributed by atoms with Crippen LogP contribution >= 0.6 is 0 Å². The highest BCUT2D eigenvalue weighted by Gasteiger charge is 2.31. The first-order valence-electron chi connectivity index (χ1n) is 7.83. The number of pyridine rings is 1. The fourth-order valence-corrected chi connectivity index (χ4v) is 3.01. The summed E-state index contributed by atoms with van der Waals surface area (Å²) in [5.41, 5.74) is 1.72. The molecule has 0 spiro atoms. The van der Waals surface area contributed by atoms with Crippen LogP contribution in [0.25, 0.3) is 0 Å². The molecule has 2 heterocycles. The smallest absolute Gasteiger partial charge is 0.230 e. The molecule has 2 aromatic rings. The Balaban J connectivity index is 1.84. The molecule has 2 unspecified atom stereocenters. The van der Waals surface area contributed by atoms with E-state index >= 15 is 0 Å². The second-order valence-electron chi connectivity index (χ2n) is 5.81. The zero-order valence-electron chi connectivity index (χ0n) is 13.1. The van der Waals surface area contributed by atoms with Crippen LogP contribution in [0.3, 0.4) is 0 Å². The van der Waals surface area contributed by atoms with Crippen LogP contribution in [0.1, 0.15) is 30.0 Å². The lowest BCUT2D eigenvalue weighted by molar-refractivity contribution is -0.135. The van der Waals surface area contributed by atoms with Crippen molar-refractivity contribution in [1.29, 1.82) is 0 Å². The molecule has 1 fully saturated rings. The normalized spacial score (nSPS) is 19.4. The van der Waals surface area contributed by atoms with Crippen molar-refractivity contribution in [3.63, 3.8) is 0 Å². The van der Waals surface area contributed by atoms with E-state index in [0.29, 0.717) is 18.7 Å². The van der Waals surface area contributed by atoms with Gasteiger partial charge in [0.15, 0.2) is 0 Å². The zero-order chi connectivity index (χ0) is 16.2. The van der Waals surface area contributed by atoms with Crippen molar-refractivity contribution in [2.75, 3.05) is 19.6 Å². The van der Waals surface area contributed by atoms with E-state index in [1.54, 1.807) is 24.5 Å². The van der Waals surface area contributed by atoms with Gasteiger partial charge in [-0.05, 0) is 36.2 Å². The Bertz CT molecular complexity index is 677. The average Bonchev–Trinajstić information content (AvgIpc) is 2.61. The Hall–Kier alpha value is -2.27. The number of carbonyl (C=O) groups excluding carboxylic acids is 1. The number of halogens is 1. The number of amides is 1. The second kappa shape index (κ2) is 6.87. The number of carbonyl (C=O) groups is 1. The van der Waals surface area contributed by atoms with Gasteiger partial charge in [0.2, 0.25) is 5.91 Å². The molecule has 4 nitrogen and oxygen atoms in total. The minimum atomic E-state index is -0.372. The highest BCUT2D eigenvalue weighted by atomic mass is 19.1. The molecule has 0 aliphatic carbocycles. The fraction of sp³-hybridized carbons (Fsp3) is 0.333. The lowest BCUT2D eigenvalue weighted by atomic mass is 9.97. The molecule has 1 aromatic heterocycles. The van der Waals surface area contributed by atoms with E-state index in [4.69, 9.17) is 0 Å². The van der Waals surface area contributed by atoms with Crippen LogP contribution in [0, 0.1) is 5.82 Å². The first-order valence-corrected chi connectivity index (χ1v) is 7.83. The summed E-state index contributed by atoms with van der Waals surface area (Å²) in [5, 5.41) is 3.32. The van der Waals surface area contributed by atoms with E-state index in [0.717, 1.165) is 12.1 Å². The number of piperazine rings is 1. The standard InChI is InChI=1S/C18H20FN3O/c1-13(14-4-2-6-16(19)10-14)18(23)22-9-8-21-12-17(22)15-5-3-7-20-11-15/h2-7,10-11,13,17,21H,8-9,12H2,1H3. The van der Waals surface area contributed by atoms with E-state index in [-0.39, 0.29) is 23.7 Å². The third-order valence-corrected chi connectivity index (χ3v) is 4.31. The van der Waals surface area contributed by atoms with E-state index in [1.165, 1.54) is 12.1 Å². The van der Waals surface area contributed by atoms with Gasteiger partial charge in [0.25, 0.3) is 0 Å². The number of hydrogen-bond donors (Lipinski definition) is 1. The number of aromatic nitrogens is 1. The summed E-state index contributed by atoms with van der Waals surface area (Å²) in [7, 11) is 0. The van der Waals surface area contributed by atoms with E-state index in [2.05, 4.69) is 10.3 Å². The topological polar surface area (TPSA) is 45.2 Å². The van der Waals surface area contributed by atoms with Gasteiger partial charge in [-0.2, -0.15) is 0 Å². The maximum absolute atomic E-state index is 13.4. The molecular weight excluding hydrogens is 293 g/mol. The monoisotopic (exact) mass is 313 g/mol. The van der Waals surface area contributed by atoms with Crippen molar-refractivity contribution in [2.24, 2.45) is 0 Å². The molecule has 0 radical (unpaired) electrons. The largest absolute Gasteiger partial charge is 0.333 e. The molecule has 1 saturated heterocycles. The van der Waals surface area contributed by atoms with Gasteiger partial charge in [-0.1, -0.05) is 18.2 Å². The summed E-state index contributed by atoms with van der Waals surface area (Å²) in [4.78, 5) is 19.0. The molecule has 0 saturated carbocycles. The lowest BCUT2D eigenvalue weighted by Gasteiger charge is -2.38. The molecule has 3 rings (SSSR count). The highest BCUT2D eigenvalue weighted by molar-refractivity contribution is 5.84. The zero-order valence-corrected chi connectivity index (χ0v) is 13.1. The van der Waals surface area contributed by atoms with Gasteiger partial charge in [0, 0.05) is 32.0 Å². The molecule has 2 atom stereocenters. The Labute approximate surface area is 135 Å². The second-order valence-corrected chi connectivity index (χ2v) is 5.81. The van der Waals surface area contributed by atoms with Crippen molar-refractivity contribution in [1.82, 2.24) is 15.2 Å². The van der Waals surface area contributed by atoms with Gasteiger partial charge in [0.05, 0.1) is 12.0 Å². The van der Waals surface area contributed by atoms with Gasteiger partial charge in [-0.3, -0.25) is 9.78 Å². The predicted molar refractivity (Wildman–Crippen MR) is 86.4 cm³/mol. The first kappa shape index (κ1) is 15.6. The molecule has 1 aromatic carbocycles. The van der Waals surface area contributed by atoms with Crippen LogP contribution in [0.4, 0.5) is 4.39 Å². The molecule has 23 heavy (non-hydrogen) atoms. The molecule has 0 bridgehead atoms. The summed E-state index contributed by atoms with van der Waals surface area (Å²) in [6, 6.07) is 10.1. The van der Waals surface area contributed by atoms with Crippen LogP contribution in [0.5, 0.6) is 0 Å². The minimum Gasteiger partial charge on any atom is -0.333 e.